The lowest BCUT2D eigenvalue weighted by molar-refractivity contribution is -0.125. The Hall–Kier alpha value is -5.05. The second kappa shape index (κ2) is 13.6. The minimum absolute atomic E-state index is 0.0313. The number of carbonyl (C=O) groups excluding carboxylic acids is 2. The van der Waals surface area contributed by atoms with Gasteiger partial charge in [-0.2, -0.15) is 0 Å². The highest BCUT2D eigenvalue weighted by Crippen LogP contribution is 2.53. The first kappa shape index (κ1) is 33.1. The molecule has 2 atom stereocenters. The second-order valence-corrected chi connectivity index (χ2v) is 14.4. The summed E-state index contributed by atoms with van der Waals surface area (Å²) in [5, 5.41) is 8.21. The van der Waals surface area contributed by atoms with Gasteiger partial charge in [0, 0.05) is 65.0 Å². The van der Waals surface area contributed by atoms with Crippen molar-refractivity contribution in [3.63, 3.8) is 0 Å². The monoisotopic (exact) mass is 716 g/mol. The number of nitrogens with zero attached hydrogens (tertiary/aromatic N) is 3. The third-order valence-electron chi connectivity index (χ3n) is 10.4. The summed E-state index contributed by atoms with van der Waals surface area (Å²) in [5.41, 5.74) is 8.01. The largest absolute Gasteiger partial charge is 0.359 e. The predicted octanol–water partition coefficient (Wildman–Crippen LogP) is 8.91. The quantitative estimate of drug-likeness (QED) is 0.163. The van der Waals surface area contributed by atoms with Gasteiger partial charge in [0.25, 0.3) is 5.91 Å². The van der Waals surface area contributed by atoms with E-state index < -0.39 is 0 Å². The smallest absolute Gasteiger partial charge is 0.272 e. The van der Waals surface area contributed by atoms with Crippen LogP contribution in [0.2, 0.25) is 10.0 Å². The molecule has 0 saturated carbocycles. The number of piperidine rings is 1. The number of rotatable bonds is 6. The number of hydrogen-bond acceptors (Lipinski definition) is 5. The van der Waals surface area contributed by atoms with E-state index in [2.05, 4.69) is 81.0 Å². The number of anilines is 2. The van der Waals surface area contributed by atoms with E-state index in [-0.39, 0.29) is 29.7 Å². The normalized spacial score (nSPS) is 18.8. The van der Waals surface area contributed by atoms with Crippen molar-refractivity contribution in [2.75, 3.05) is 30.4 Å². The van der Waals surface area contributed by atoms with Crippen LogP contribution in [0.25, 0.3) is 22.2 Å². The maximum absolute atomic E-state index is 14.7. The molecule has 3 aliphatic heterocycles. The molecule has 1 saturated heterocycles. The number of H-pyrrole nitrogens is 1. The van der Waals surface area contributed by atoms with Crippen LogP contribution < -0.4 is 15.5 Å². The van der Waals surface area contributed by atoms with E-state index in [1.807, 2.05) is 42.5 Å². The number of allylic oxidation sites excluding steroid dienone is 2. The second-order valence-electron chi connectivity index (χ2n) is 13.5. The van der Waals surface area contributed by atoms with Crippen molar-refractivity contribution in [2.24, 2.45) is 11.8 Å². The first-order valence-electron chi connectivity index (χ1n) is 17.4. The van der Waals surface area contributed by atoms with Gasteiger partial charge in [0.1, 0.15) is 5.69 Å². The van der Waals surface area contributed by atoms with E-state index in [1.54, 1.807) is 13.2 Å². The Morgan fingerprint density at radius 2 is 1.71 bits per heavy atom. The number of aromatic nitrogens is 2. The van der Waals surface area contributed by atoms with Gasteiger partial charge in [-0.25, -0.2) is 4.98 Å². The van der Waals surface area contributed by atoms with Gasteiger partial charge >= 0.3 is 0 Å². The lowest BCUT2D eigenvalue weighted by Crippen LogP contribution is -2.40. The molecule has 51 heavy (non-hydrogen) atoms. The Balaban J connectivity index is 1.30. The number of pyridine rings is 1. The topological polar surface area (TPSA) is 93.4 Å². The summed E-state index contributed by atoms with van der Waals surface area (Å²) in [7, 11) is 1.68. The van der Waals surface area contributed by atoms with Crippen LogP contribution in [-0.4, -0.2) is 46.8 Å². The van der Waals surface area contributed by atoms with Gasteiger partial charge in [-0.3, -0.25) is 9.59 Å². The summed E-state index contributed by atoms with van der Waals surface area (Å²) in [5.74, 6) is 0.608. The van der Waals surface area contributed by atoms with Gasteiger partial charge in [-0.05, 0) is 83.8 Å². The van der Waals surface area contributed by atoms with Crippen molar-refractivity contribution in [1.82, 2.24) is 20.2 Å². The fraction of sp³-hybridized carbons (Fsp3) is 0.244. The zero-order valence-corrected chi connectivity index (χ0v) is 29.9. The van der Waals surface area contributed by atoms with Crippen LogP contribution in [0.15, 0.2) is 97.3 Å². The number of hydrogen-bond donors (Lipinski definition) is 3. The average Bonchev–Trinajstić information content (AvgIpc) is 3.44. The SMILES string of the molecule is CNC(=O)C1CCN(c2ncccc2NC(=O)c2[nH]c3cc(Cl)cc4c3c2C2=C(c3ccccc3)C(C)CC=CN2C4c2ccc(Cl)cc2)CC1. The van der Waals surface area contributed by atoms with Crippen molar-refractivity contribution >= 4 is 68.7 Å². The van der Waals surface area contributed by atoms with Crippen LogP contribution in [-0.2, 0) is 4.79 Å². The third kappa shape index (κ3) is 5.96. The van der Waals surface area contributed by atoms with E-state index in [0.29, 0.717) is 53.2 Å². The summed E-state index contributed by atoms with van der Waals surface area (Å²) >= 11 is 13.2. The van der Waals surface area contributed by atoms with Crippen LogP contribution in [0.3, 0.4) is 0 Å². The van der Waals surface area contributed by atoms with E-state index in [9.17, 15) is 9.59 Å². The van der Waals surface area contributed by atoms with Crippen LogP contribution in [0.1, 0.15) is 65.0 Å². The number of carbonyl (C=O) groups is 2. The molecule has 8 nitrogen and oxygen atoms in total. The van der Waals surface area contributed by atoms with Gasteiger partial charge in [0.2, 0.25) is 5.91 Å². The molecule has 3 aromatic carbocycles. The Morgan fingerprint density at radius 1 is 0.941 bits per heavy atom. The molecule has 258 valence electrons. The summed E-state index contributed by atoms with van der Waals surface area (Å²) in [4.78, 5) is 39.7. The van der Waals surface area contributed by atoms with Gasteiger partial charge in [0.05, 0.1) is 17.4 Å². The number of nitrogens with one attached hydrogen (secondary N) is 3. The summed E-state index contributed by atoms with van der Waals surface area (Å²) < 4.78 is 0. The molecule has 5 aromatic rings. The minimum Gasteiger partial charge on any atom is -0.359 e. The number of fused-ring (bicyclic) bond motifs is 2. The molecule has 1 fully saturated rings. The Bertz CT molecular complexity index is 2200. The van der Waals surface area contributed by atoms with Crippen molar-refractivity contribution < 1.29 is 9.59 Å². The Morgan fingerprint density at radius 3 is 2.45 bits per heavy atom. The molecular formula is C41H38Cl2N6O2. The highest BCUT2D eigenvalue weighted by atomic mass is 35.5. The zero-order chi connectivity index (χ0) is 35.2. The van der Waals surface area contributed by atoms with E-state index >= 15 is 0 Å². The molecular weight excluding hydrogens is 679 g/mol. The van der Waals surface area contributed by atoms with Crippen LogP contribution in [0.5, 0.6) is 0 Å². The lowest BCUT2D eigenvalue weighted by Gasteiger charge is -2.39. The highest BCUT2D eigenvalue weighted by Gasteiger charge is 2.40. The van der Waals surface area contributed by atoms with E-state index in [1.165, 1.54) is 0 Å². The van der Waals surface area contributed by atoms with Crippen LogP contribution in [0.4, 0.5) is 11.5 Å². The van der Waals surface area contributed by atoms with E-state index in [4.69, 9.17) is 28.2 Å². The Labute approximate surface area is 307 Å². The number of halogens is 2. The molecule has 0 bridgehead atoms. The van der Waals surface area contributed by atoms with Crippen molar-refractivity contribution in [2.45, 2.75) is 32.2 Å². The number of aromatic amines is 1. The van der Waals surface area contributed by atoms with Gasteiger partial charge in [-0.1, -0.05) is 78.7 Å². The lowest BCUT2D eigenvalue weighted by atomic mass is 9.82. The number of benzene rings is 3. The number of amides is 2. The molecule has 5 heterocycles. The zero-order valence-electron chi connectivity index (χ0n) is 28.4. The van der Waals surface area contributed by atoms with Crippen LogP contribution >= 0.6 is 23.2 Å². The standard InChI is InChI=1S/C41H38Cl2N6O2/c1-24-8-7-19-49-37(26-12-14-28(42)15-13-26)30-22-29(43)23-32-34(30)35(38(49)33(24)25-9-4-3-5-10-25)36(46-32)41(51)47-31-11-6-18-45-39(31)48-20-16-27(17-21-48)40(50)44-2/h3-7,9-15,18-19,22-24,27,37,46H,8,16-17,20-21H2,1-2H3,(H,44,50)(H,47,51). The molecule has 3 aliphatic rings. The van der Waals surface area contributed by atoms with Crippen LogP contribution in [0, 0.1) is 11.8 Å². The van der Waals surface area contributed by atoms with Crippen molar-refractivity contribution in [3.05, 3.63) is 135 Å². The fourth-order valence-electron chi connectivity index (χ4n) is 8.04. The van der Waals surface area contributed by atoms with Crippen molar-refractivity contribution in [3.8, 4) is 0 Å². The molecule has 0 spiro atoms. The highest BCUT2D eigenvalue weighted by molar-refractivity contribution is 6.32. The maximum atomic E-state index is 14.7. The minimum atomic E-state index is -0.275. The van der Waals surface area contributed by atoms with Gasteiger partial charge in [0.15, 0.2) is 5.82 Å². The van der Waals surface area contributed by atoms with E-state index in [0.717, 1.165) is 50.8 Å². The molecule has 8 rings (SSSR count). The summed E-state index contributed by atoms with van der Waals surface area (Å²) in [6.45, 7) is 3.57. The first-order valence-corrected chi connectivity index (χ1v) is 18.2. The summed E-state index contributed by atoms with van der Waals surface area (Å²) in [6, 6.07) is 25.8. The molecule has 0 aliphatic carbocycles. The molecule has 2 unspecified atom stereocenters. The van der Waals surface area contributed by atoms with Gasteiger partial charge in [-0.15, -0.1) is 0 Å². The summed E-state index contributed by atoms with van der Waals surface area (Å²) in [6.07, 6.45) is 8.38. The Kier molecular flexibility index (Phi) is 8.82. The fourth-order valence-corrected chi connectivity index (χ4v) is 8.39. The molecule has 2 amide bonds. The van der Waals surface area contributed by atoms with Crippen molar-refractivity contribution in [1.29, 1.82) is 0 Å². The van der Waals surface area contributed by atoms with Gasteiger partial charge < -0.3 is 25.4 Å². The molecule has 10 heteroatoms. The maximum Gasteiger partial charge on any atom is 0.272 e. The molecule has 0 radical (unpaired) electrons. The molecule has 3 N–H and O–H groups in total. The first-order chi connectivity index (χ1) is 24.8. The average molecular weight is 718 g/mol. The molecule has 2 aromatic heterocycles. The predicted molar refractivity (Wildman–Crippen MR) is 206 cm³/mol. The third-order valence-corrected chi connectivity index (χ3v) is 10.9.